The van der Waals surface area contributed by atoms with Crippen LogP contribution in [-0.4, -0.2) is 30.6 Å². The van der Waals surface area contributed by atoms with Crippen LogP contribution < -0.4 is 5.32 Å². The third kappa shape index (κ3) is 10.2. The van der Waals surface area contributed by atoms with Gasteiger partial charge in [-0.25, -0.2) is 13.9 Å². The molecule has 1 amide bonds. The van der Waals surface area contributed by atoms with Gasteiger partial charge in [-0.2, -0.15) is 0 Å². The van der Waals surface area contributed by atoms with Crippen molar-refractivity contribution >= 4 is 13.9 Å². The summed E-state index contributed by atoms with van der Waals surface area (Å²) in [4.78, 5) is 11.1. The molecule has 0 aliphatic rings. The zero-order valence-corrected chi connectivity index (χ0v) is 14.2. The van der Waals surface area contributed by atoms with E-state index in [1.165, 1.54) is 0 Å². The molecule has 0 aromatic rings. The maximum Gasteiger partial charge on any atom is 0.478 e. The first-order chi connectivity index (χ1) is 8.87. The van der Waals surface area contributed by atoms with Gasteiger partial charge in [0.05, 0.1) is 11.2 Å². The van der Waals surface area contributed by atoms with E-state index in [2.05, 4.69) is 5.32 Å². The normalized spacial score (nSPS) is 13.2. The molecule has 0 heterocycles. The Balaban J connectivity index is 4.63. The first-order valence-corrected chi connectivity index (χ1v) is 7.90. The molecule has 0 radical (unpaired) electrons. The Labute approximate surface area is 120 Å². The largest absolute Gasteiger partial charge is 0.478 e. The molecule has 7 nitrogen and oxygen atoms in total. The highest BCUT2D eigenvalue weighted by atomic mass is 31.2. The van der Waals surface area contributed by atoms with Gasteiger partial charge in [-0.05, 0) is 48.5 Å². The Hall–Kier alpha value is -0.620. The van der Waals surface area contributed by atoms with Crippen molar-refractivity contribution in [3.63, 3.8) is 0 Å². The summed E-state index contributed by atoms with van der Waals surface area (Å²) in [7, 11) is -3.84. The third-order valence-corrected chi connectivity index (χ3v) is 3.46. The molecular formula is C12H26NO6P. The van der Waals surface area contributed by atoms with Crippen LogP contribution in [0, 0.1) is 0 Å². The Bertz CT molecular complexity index is 338. The lowest BCUT2D eigenvalue weighted by molar-refractivity contribution is -0.0284. The van der Waals surface area contributed by atoms with Crippen LogP contribution in [0.15, 0.2) is 0 Å². The number of hydrogen-bond donors (Lipinski definition) is 1. The summed E-state index contributed by atoms with van der Waals surface area (Å²) in [6.45, 7) is 12.0. The van der Waals surface area contributed by atoms with E-state index >= 15 is 0 Å². The van der Waals surface area contributed by atoms with E-state index in [4.69, 9.17) is 18.3 Å². The lowest BCUT2D eigenvalue weighted by Crippen LogP contribution is -2.27. The number of carbonyl (C=O) groups excluding carboxylic acids is 1. The Kier molecular flexibility index (Phi) is 7.18. The summed E-state index contributed by atoms with van der Waals surface area (Å²) in [5.41, 5.74) is -1.46. The molecule has 0 bridgehead atoms. The molecule has 0 spiro atoms. The number of rotatable bonds is 6. The molecule has 0 aromatic heterocycles. The zero-order valence-electron chi connectivity index (χ0n) is 13.3. The first kappa shape index (κ1) is 19.4. The van der Waals surface area contributed by atoms with Crippen LogP contribution in [0.1, 0.15) is 48.5 Å². The van der Waals surface area contributed by atoms with Gasteiger partial charge >= 0.3 is 13.9 Å². The van der Waals surface area contributed by atoms with Gasteiger partial charge < -0.3 is 10.1 Å². The minimum absolute atomic E-state index is 0.424. The summed E-state index contributed by atoms with van der Waals surface area (Å²) in [6.07, 6.45) is -0.662. The topological polar surface area (TPSA) is 83.1 Å². The van der Waals surface area contributed by atoms with E-state index in [1.807, 2.05) is 0 Å². The lowest BCUT2D eigenvalue weighted by atomic mass is 10.2. The number of hydrogen-bond acceptors (Lipinski definition) is 6. The van der Waals surface area contributed by atoms with E-state index in [0.717, 1.165) is 0 Å². The first-order valence-electron chi connectivity index (χ1n) is 6.43. The fourth-order valence-electron chi connectivity index (χ4n) is 1.08. The van der Waals surface area contributed by atoms with Crippen LogP contribution in [0.25, 0.3) is 0 Å². The monoisotopic (exact) mass is 311 g/mol. The molecular weight excluding hydrogens is 285 g/mol. The zero-order chi connectivity index (χ0) is 16.0. The number of alkyl carbamates (subject to hydrolysis) is 1. The van der Waals surface area contributed by atoms with Gasteiger partial charge in [0.15, 0.2) is 0 Å². The number of amides is 1. The molecule has 0 fully saturated rings. The molecule has 20 heavy (non-hydrogen) atoms. The third-order valence-electron chi connectivity index (χ3n) is 1.49. The SMILES string of the molecule is CCNC(=O)OCOP(=O)(OC(C)(C)C)OC(C)(C)C. The Morgan fingerprint density at radius 1 is 1.05 bits per heavy atom. The highest BCUT2D eigenvalue weighted by molar-refractivity contribution is 7.48. The minimum Gasteiger partial charge on any atom is -0.422 e. The molecule has 0 aliphatic heterocycles. The van der Waals surface area contributed by atoms with E-state index < -0.39 is 31.9 Å². The molecule has 8 heteroatoms. The smallest absolute Gasteiger partial charge is 0.422 e. The van der Waals surface area contributed by atoms with Crippen LogP contribution in [0.3, 0.4) is 0 Å². The molecule has 0 atom stereocenters. The van der Waals surface area contributed by atoms with Crippen LogP contribution in [-0.2, 0) is 22.9 Å². The minimum atomic E-state index is -3.84. The van der Waals surface area contributed by atoms with Gasteiger partial charge in [0.1, 0.15) is 0 Å². The lowest BCUT2D eigenvalue weighted by Gasteiger charge is -2.30. The summed E-state index contributed by atoms with van der Waals surface area (Å²) in [5.74, 6) is 0. The second-order valence-corrected chi connectivity index (χ2v) is 7.58. The van der Waals surface area contributed by atoms with Gasteiger partial charge in [0, 0.05) is 6.54 Å². The average molecular weight is 311 g/mol. The van der Waals surface area contributed by atoms with Crippen molar-refractivity contribution in [1.29, 1.82) is 0 Å². The summed E-state index contributed by atoms with van der Waals surface area (Å²) in [6, 6.07) is 0. The van der Waals surface area contributed by atoms with Crippen molar-refractivity contribution in [2.24, 2.45) is 0 Å². The van der Waals surface area contributed by atoms with Crippen LogP contribution in [0.2, 0.25) is 0 Å². The molecule has 0 saturated carbocycles. The highest BCUT2D eigenvalue weighted by Crippen LogP contribution is 2.55. The number of phosphoric acid groups is 1. The van der Waals surface area contributed by atoms with Gasteiger partial charge in [0.2, 0.25) is 6.79 Å². The average Bonchev–Trinajstić information content (AvgIpc) is 2.10. The van der Waals surface area contributed by atoms with Crippen LogP contribution in [0.4, 0.5) is 4.79 Å². The van der Waals surface area contributed by atoms with Gasteiger partial charge in [0.25, 0.3) is 0 Å². The van der Waals surface area contributed by atoms with Crippen molar-refractivity contribution in [1.82, 2.24) is 5.32 Å². The molecule has 0 aromatic carbocycles. The van der Waals surface area contributed by atoms with E-state index in [0.29, 0.717) is 6.54 Å². The van der Waals surface area contributed by atoms with Crippen molar-refractivity contribution in [2.75, 3.05) is 13.3 Å². The van der Waals surface area contributed by atoms with Crippen LogP contribution in [0.5, 0.6) is 0 Å². The Morgan fingerprint density at radius 2 is 1.50 bits per heavy atom. The summed E-state index contributed by atoms with van der Waals surface area (Å²) >= 11 is 0. The maximum absolute atomic E-state index is 12.5. The molecule has 0 aliphatic carbocycles. The highest BCUT2D eigenvalue weighted by Gasteiger charge is 2.37. The van der Waals surface area contributed by atoms with E-state index in [9.17, 15) is 9.36 Å². The maximum atomic E-state index is 12.5. The van der Waals surface area contributed by atoms with E-state index in [-0.39, 0.29) is 0 Å². The van der Waals surface area contributed by atoms with E-state index in [1.54, 1.807) is 48.5 Å². The fraction of sp³-hybridized carbons (Fsp3) is 0.917. The predicted molar refractivity (Wildman–Crippen MR) is 75.4 cm³/mol. The van der Waals surface area contributed by atoms with Crippen molar-refractivity contribution in [3.8, 4) is 0 Å². The second-order valence-electron chi connectivity index (χ2n) is 6.06. The van der Waals surface area contributed by atoms with Crippen LogP contribution >= 0.6 is 7.82 Å². The van der Waals surface area contributed by atoms with Crippen molar-refractivity contribution < 1.29 is 27.7 Å². The molecule has 120 valence electrons. The standard InChI is InChI=1S/C12H26NO6P/c1-8-13-10(14)16-9-17-20(15,18-11(2,3)4)19-12(5,6)7/h8-9H2,1-7H3,(H,13,14). The van der Waals surface area contributed by atoms with Gasteiger partial charge in [-0.15, -0.1) is 0 Å². The van der Waals surface area contributed by atoms with Gasteiger partial charge in [-0.3, -0.25) is 9.05 Å². The predicted octanol–water partition coefficient (Wildman–Crippen LogP) is 3.44. The molecule has 0 unspecified atom stereocenters. The summed E-state index contributed by atoms with van der Waals surface area (Å²) in [5, 5.41) is 2.42. The van der Waals surface area contributed by atoms with Crippen molar-refractivity contribution in [2.45, 2.75) is 59.7 Å². The quantitative estimate of drug-likeness (QED) is 0.597. The number of ether oxygens (including phenoxy) is 1. The molecule has 0 rings (SSSR count). The van der Waals surface area contributed by atoms with Gasteiger partial charge in [-0.1, -0.05) is 0 Å². The molecule has 0 saturated heterocycles. The number of nitrogens with one attached hydrogen (secondary N) is 1. The second kappa shape index (κ2) is 7.41. The molecule has 1 N–H and O–H groups in total. The number of phosphoric ester groups is 1. The summed E-state index contributed by atoms with van der Waals surface area (Å²) < 4.78 is 32.9. The Morgan fingerprint density at radius 3 is 1.85 bits per heavy atom. The van der Waals surface area contributed by atoms with Crippen molar-refractivity contribution in [3.05, 3.63) is 0 Å². The fourth-order valence-corrected chi connectivity index (χ4v) is 2.75. The number of carbonyl (C=O) groups is 1.